The van der Waals surface area contributed by atoms with Gasteiger partial charge in [-0.2, -0.15) is 0 Å². The second-order valence-electron chi connectivity index (χ2n) is 4.48. The fraction of sp³-hybridized carbons (Fsp3) is 0.333. The van der Waals surface area contributed by atoms with E-state index in [1.54, 1.807) is 10.6 Å². The maximum absolute atomic E-state index is 11.1. The van der Waals surface area contributed by atoms with Crippen LogP contribution in [0.2, 0.25) is 0 Å². The number of aromatic nitrogens is 2. The molecule has 0 unspecified atom stereocenters. The maximum atomic E-state index is 11.1. The second kappa shape index (κ2) is 3.99. The Labute approximate surface area is 103 Å². The van der Waals surface area contributed by atoms with Gasteiger partial charge in [0.1, 0.15) is 11.6 Å². The van der Waals surface area contributed by atoms with Crippen LogP contribution < -0.4 is 5.32 Å². The van der Waals surface area contributed by atoms with E-state index < -0.39 is 5.97 Å². The average molecular weight is 247 g/mol. The first kappa shape index (κ1) is 11.0. The van der Waals surface area contributed by atoms with Gasteiger partial charge in [0.05, 0.1) is 12.1 Å². The summed E-state index contributed by atoms with van der Waals surface area (Å²) in [6.07, 6.45) is 3.96. The molecule has 18 heavy (non-hydrogen) atoms. The summed E-state index contributed by atoms with van der Waals surface area (Å²) in [7, 11) is 0. The Morgan fingerprint density at radius 1 is 1.56 bits per heavy atom. The summed E-state index contributed by atoms with van der Waals surface area (Å²) >= 11 is 0. The molecule has 6 nitrogen and oxygen atoms in total. The molecular formula is C12H13N3O3. The molecule has 2 aromatic heterocycles. The number of carbonyl (C=O) groups is 1. The van der Waals surface area contributed by atoms with Crippen molar-refractivity contribution in [3.63, 3.8) is 0 Å². The van der Waals surface area contributed by atoms with E-state index in [2.05, 4.69) is 10.3 Å². The highest BCUT2D eigenvalue weighted by atomic mass is 16.4. The van der Waals surface area contributed by atoms with E-state index in [1.807, 2.05) is 0 Å². The van der Waals surface area contributed by atoms with Gasteiger partial charge in [0.2, 0.25) is 0 Å². The van der Waals surface area contributed by atoms with E-state index in [0.717, 1.165) is 12.8 Å². The smallest absolute Gasteiger partial charge is 0.356 e. The van der Waals surface area contributed by atoms with Crippen molar-refractivity contribution >= 4 is 11.5 Å². The van der Waals surface area contributed by atoms with Crippen LogP contribution in [0.15, 0.2) is 18.3 Å². The van der Waals surface area contributed by atoms with Gasteiger partial charge in [0.25, 0.3) is 0 Å². The molecule has 0 atom stereocenters. The lowest BCUT2D eigenvalue weighted by molar-refractivity contribution is 0.0693. The number of carboxylic acids is 1. The Morgan fingerprint density at radius 3 is 3.00 bits per heavy atom. The first-order chi connectivity index (χ1) is 8.65. The number of carboxylic acid groups (broad SMARTS) is 1. The lowest BCUT2D eigenvalue weighted by atomic mass is 10.3. The SMILES string of the molecule is O=C(O)c1nc(CNC2CC2)n2ccc(O)cc12. The van der Waals surface area contributed by atoms with Crippen molar-refractivity contribution in [2.45, 2.75) is 25.4 Å². The lowest BCUT2D eigenvalue weighted by Crippen LogP contribution is -2.17. The van der Waals surface area contributed by atoms with Crippen LogP contribution in [0, 0.1) is 0 Å². The molecule has 2 heterocycles. The number of rotatable bonds is 4. The molecule has 0 bridgehead atoms. The van der Waals surface area contributed by atoms with Gasteiger partial charge >= 0.3 is 5.97 Å². The molecule has 0 aromatic carbocycles. The van der Waals surface area contributed by atoms with E-state index in [9.17, 15) is 9.90 Å². The molecule has 0 amide bonds. The number of aromatic carboxylic acids is 1. The summed E-state index contributed by atoms with van der Waals surface area (Å²) < 4.78 is 1.69. The molecule has 1 aliphatic rings. The van der Waals surface area contributed by atoms with E-state index in [4.69, 9.17) is 5.11 Å². The molecule has 6 heteroatoms. The number of fused-ring (bicyclic) bond motifs is 1. The zero-order chi connectivity index (χ0) is 12.7. The van der Waals surface area contributed by atoms with Crippen LogP contribution in [0.3, 0.4) is 0 Å². The molecule has 1 saturated carbocycles. The van der Waals surface area contributed by atoms with Gasteiger partial charge < -0.3 is 19.9 Å². The zero-order valence-corrected chi connectivity index (χ0v) is 9.63. The molecule has 3 N–H and O–H groups in total. The van der Waals surface area contributed by atoms with Gasteiger partial charge in [0, 0.05) is 18.3 Å². The Bertz CT molecular complexity index is 616. The van der Waals surface area contributed by atoms with Crippen LogP contribution in [0.25, 0.3) is 5.52 Å². The number of pyridine rings is 1. The van der Waals surface area contributed by atoms with Crippen LogP contribution in [0.5, 0.6) is 5.75 Å². The van der Waals surface area contributed by atoms with E-state index >= 15 is 0 Å². The quantitative estimate of drug-likeness (QED) is 0.750. The van der Waals surface area contributed by atoms with Crippen LogP contribution >= 0.6 is 0 Å². The summed E-state index contributed by atoms with van der Waals surface area (Å²) in [5.74, 6) is -0.406. The molecule has 94 valence electrons. The highest BCUT2D eigenvalue weighted by molar-refractivity contribution is 5.94. The predicted molar refractivity (Wildman–Crippen MR) is 63.7 cm³/mol. The predicted octanol–water partition coefficient (Wildman–Crippen LogP) is 0.990. The molecule has 2 aromatic rings. The standard InChI is InChI=1S/C12H13N3O3/c16-8-3-4-15-9(5-8)11(12(17)18)14-10(15)6-13-7-1-2-7/h3-5,7,13,16H,1-2,6H2,(H,17,18). The van der Waals surface area contributed by atoms with Crippen LogP contribution in [-0.2, 0) is 6.54 Å². The van der Waals surface area contributed by atoms with E-state index in [-0.39, 0.29) is 11.4 Å². The Kier molecular flexibility index (Phi) is 2.45. The Morgan fingerprint density at radius 2 is 2.33 bits per heavy atom. The summed E-state index contributed by atoms with van der Waals surface area (Å²) in [5, 5.41) is 21.8. The molecule has 0 spiro atoms. The van der Waals surface area contributed by atoms with Crippen molar-refractivity contribution in [3.8, 4) is 5.75 Å². The van der Waals surface area contributed by atoms with Crippen molar-refractivity contribution in [1.29, 1.82) is 0 Å². The second-order valence-corrected chi connectivity index (χ2v) is 4.48. The molecular weight excluding hydrogens is 234 g/mol. The summed E-state index contributed by atoms with van der Waals surface area (Å²) in [6.45, 7) is 0.532. The minimum absolute atomic E-state index is 0.0292. The monoisotopic (exact) mass is 247 g/mol. The fourth-order valence-corrected chi connectivity index (χ4v) is 1.94. The number of nitrogens with zero attached hydrogens (tertiary/aromatic N) is 2. The average Bonchev–Trinajstić information content (AvgIpc) is 3.08. The minimum atomic E-state index is -1.09. The van der Waals surface area contributed by atoms with Gasteiger partial charge in [-0.1, -0.05) is 0 Å². The topological polar surface area (TPSA) is 86.9 Å². The van der Waals surface area contributed by atoms with Gasteiger partial charge in [-0.25, -0.2) is 9.78 Å². The number of aromatic hydroxyl groups is 1. The molecule has 0 aliphatic heterocycles. The van der Waals surface area contributed by atoms with Crippen molar-refractivity contribution in [2.24, 2.45) is 0 Å². The third-order valence-electron chi connectivity index (χ3n) is 3.03. The zero-order valence-electron chi connectivity index (χ0n) is 9.63. The normalized spacial score (nSPS) is 15.1. The molecule has 0 radical (unpaired) electrons. The molecule has 1 aliphatic carbocycles. The molecule has 0 saturated heterocycles. The van der Waals surface area contributed by atoms with Gasteiger partial charge in [-0.05, 0) is 18.9 Å². The number of hydrogen-bond donors (Lipinski definition) is 3. The van der Waals surface area contributed by atoms with Crippen molar-refractivity contribution in [1.82, 2.24) is 14.7 Å². The molecule has 1 fully saturated rings. The summed E-state index contributed by atoms with van der Waals surface area (Å²) in [4.78, 5) is 15.2. The third kappa shape index (κ3) is 1.91. The van der Waals surface area contributed by atoms with Crippen LogP contribution in [0.4, 0.5) is 0 Å². The minimum Gasteiger partial charge on any atom is -0.508 e. The van der Waals surface area contributed by atoms with Crippen molar-refractivity contribution in [2.75, 3.05) is 0 Å². The fourth-order valence-electron chi connectivity index (χ4n) is 1.94. The summed E-state index contributed by atoms with van der Waals surface area (Å²) in [5.41, 5.74) is 0.383. The van der Waals surface area contributed by atoms with Gasteiger partial charge in [-0.15, -0.1) is 0 Å². The Hall–Kier alpha value is -2.08. The molecule has 3 rings (SSSR count). The highest BCUT2D eigenvalue weighted by Gasteiger charge is 2.22. The maximum Gasteiger partial charge on any atom is 0.356 e. The van der Waals surface area contributed by atoms with Gasteiger partial charge in [0.15, 0.2) is 5.69 Å². The summed E-state index contributed by atoms with van der Waals surface area (Å²) in [6, 6.07) is 3.46. The van der Waals surface area contributed by atoms with Gasteiger partial charge in [-0.3, -0.25) is 0 Å². The van der Waals surface area contributed by atoms with E-state index in [0.29, 0.717) is 23.9 Å². The van der Waals surface area contributed by atoms with Crippen LogP contribution in [0.1, 0.15) is 29.2 Å². The number of nitrogens with one attached hydrogen (secondary N) is 1. The van der Waals surface area contributed by atoms with Crippen molar-refractivity contribution in [3.05, 3.63) is 29.8 Å². The lowest BCUT2D eigenvalue weighted by Gasteiger charge is -2.02. The first-order valence-corrected chi connectivity index (χ1v) is 5.82. The largest absolute Gasteiger partial charge is 0.508 e. The first-order valence-electron chi connectivity index (χ1n) is 5.82. The van der Waals surface area contributed by atoms with Crippen molar-refractivity contribution < 1.29 is 15.0 Å². The highest BCUT2D eigenvalue weighted by Crippen LogP contribution is 2.21. The Balaban J connectivity index is 2.04. The van der Waals surface area contributed by atoms with E-state index in [1.165, 1.54) is 12.1 Å². The van der Waals surface area contributed by atoms with Crippen LogP contribution in [-0.4, -0.2) is 31.6 Å². The number of hydrogen-bond acceptors (Lipinski definition) is 4. The third-order valence-corrected chi connectivity index (χ3v) is 3.03. The number of imidazole rings is 1.